The lowest BCUT2D eigenvalue weighted by Gasteiger charge is -2.20. The predicted octanol–water partition coefficient (Wildman–Crippen LogP) is 5.35. The van der Waals surface area contributed by atoms with Gasteiger partial charge in [0, 0.05) is 5.56 Å². The van der Waals surface area contributed by atoms with Crippen molar-refractivity contribution < 1.29 is 32.2 Å². The van der Waals surface area contributed by atoms with Crippen LogP contribution in [0.2, 0.25) is 0 Å². The first kappa shape index (κ1) is 24.6. The fourth-order valence-corrected chi connectivity index (χ4v) is 2.50. The van der Waals surface area contributed by atoms with Gasteiger partial charge in [0.15, 0.2) is 11.9 Å². The van der Waals surface area contributed by atoms with E-state index in [0.717, 1.165) is 6.07 Å². The maximum atomic E-state index is 13.6. The van der Waals surface area contributed by atoms with Crippen LogP contribution in [0.1, 0.15) is 50.6 Å². The number of aliphatic hydroxyl groups excluding tert-OH is 1. The van der Waals surface area contributed by atoms with E-state index in [1.807, 2.05) is 13.8 Å². The summed E-state index contributed by atoms with van der Waals surface area (Å²) in [6, 6.07) is 5.04. The normalized spacial score (nSPS) is 12.1. The third-order valence-corrected chi connectivity index (χ3v) is 3.89. The molecule has 0 aliphatic carbocycles. The number of carbonyl (C=O) groups excluding carboxylic acids is 1. The summed E-state index contributed by atoms with van der Waals surface area (Å²) in [7, 11) is 0. The first-order chi connectivity index (χ1) is 13.5. The van der Waals surface area contributed by atoms with E-state index in [1.54, 1.807) is 6.92 Å². The third-order valence-electron chi connectivity index (χ3n) is 3.89. The van der Waals surface area contributed by atoms with Crippen LogP contribution in [0.25, 0.3) is 11.3 Å². The predicted molar refractivity (Wildman–Crippen MR) is 102 cm³/mol. The van der Waals surface area contributed by atoms with Crippen molar-refractivity contribution in [3.63, 3.8) is 0 Å². The Morgan fingerprint density at radius 2 is 1.86 bits per heavy atom. The van der Waals surface area contributed by atoms with Gasteiger partial charge in [-0.1, -0.05) is 20.8 Å². The molecule has 0 saturated carbocycles. The second-order valence-corrected chi connectivity index (χ2v) is 6.14. The zero-order valence-electron chi connectivity index (χ0n) is 17.0. The molecule has 0 fully saturated rings. The molecule has 0 spiro atoms. The highest BCUT2D eigenvalue weighted by Gasteiger charge is 2.41. The van der Waals surface area contributed by atoms with Crippen molar-refractivity contribution in [1.29, 1.82) is 0 Å². The monoisotopic (exact) mass is 415 g/mol. The molecular weight excluding hydrogens is 390 g/mol. The minimum Gasteiger partial charge on any atom is -0.483 e. The lowest BCUT2D eigenvalue weighted by atomic mass is 10.0. The quantitative estimate of drug-likeness (QED) is 0.647. The van der Waals surface area contributed by atoms with Crippen LogP contribution in [-0.2, 0) is 11.2 Å². The minimum absolute atomic E-state index is 0.0111. The summed E-state index contributed by atoms with van der Waals surface area (Å²) >= 11 is 0. The van der Waals surface area contributed by atoms with E-state index < -0.39 is 23.8 Å². The standard InChI is InChI=1S/C19H19F4NO3.C2H6/c1-4-12-8-15(18(26)19(21,22)23)24-16(17(12)27-9-11(3)25)13-5-6-14(20)10(2)7-13;1-2/h5-8,18,26H,4,9H2,1-3H3;1-2H3. The van der Waals surface area contributed by atoms with Gasteiger partial charge in [0.05, 0.1) is 5.69 Å². The molecule has 1 unspecified atom stereocenters. The average Bonchev–Trinajstić information content (AvgIpc) is 2.68. The summed E-state index contributed by atoms with van der Waals surface area (Å²) in [6.45, 7) is 8.22. The Labute approximate surface area is 167 Å². The number of benzene rings is 1. The van der Waals surface area contributed by atoms with Crippen LogP contribution >= 0.6 is 0 Å². The minimum atomic E-state index is -4.89. The highest BCUT2D eigenvalue weighted by atomic mass is 19.4. The number of hydrogen-bond acceptors (Lipinski definition) is 4. The van der Waals surface area contributed by atoms with Crippen LogP contribution in [0.15, 0.2) is 24.3 Å². The van der Waals surface area contributed by atoms with E-state index >= 15 is 0 Å². The maximum absolute atomic E-state index is 13.6. The van der Waals surface area contributed by atoms with E-state index in [-0.39, 0.29) is 35.8 Å². The van der Waals surface area contributed by atoms with Crippen molar-refractivity contribution in [1.82, 2.24) is 4.98 Å². The van der Waals surface area contributed by atoms with Crippen LogP contribution in [-0.4, -0.2) is 28.7 Å². The molecular formula is C21H25F4NO3. The lowest BCUT2D eigenvalue weighted by molar-refractivity contribution is -0.207. The molecule has 1 atom stereocenters. The Kier molecular flexibility index (Phi) is 8.76. The molecule has 1 N–H and O–H groups in total. The highest BCUT2D eigenvalue weighted by molar-refractivity contribution is 5.78. The summed E-state index contributed by atoms with van der Waals surface area (Å²) in [5.41, 5.74) is 0.357. The van der Waals surface area contributed by atoms with Gasteiger partial charge in [0.2, 0.25) is 0 Å². The van der Waals surface area contributed by atoms with Gasteiger partial charge in [-0.15, -0.1) is 0 Å². The van der Waals surface area contributed by atoms with Crippen molar-refractivity contribution in [3.05, 3.63) is 46.9 Å². The van der Waals surface area contributed by atoms with E-state index in [9.17, 15) is 27.5 Å². The fraction of sp³-hybridized carbons (Fsp3) is 0.429. The number of ether oxygens (including phenoxy) is 1. The first-order valence-corrected chi connectivity index (χ1v) is 9.22. The molecule has 0 amide bonds. The number of pyridine rings is 1. The van der Waals surface area contributed by atoms with Crippen molar-refractivity contribution in [2.75, 3.05) is 6.61 Å². The van der Waals surface area contributed by atoms with Crippen LogP contribution in [0.5, 0.6) is 5.75 Å². The molecule has 0 bridgehead atoms. The van der Waals surface area contributed by atoms with Gasteiger partial charge >= 0.3 is 6.18 Å². The number of hydrogen-bond donors (Lipinski definition) is 1. The molecule has 0 saturated heterocycles. The first-order valence-electron chi connectivity index (χ1n) is 9.22. The Bertz CT molecular complexity index is 851. The zero-order valence-corrected chi connectivity index (χ0v) is 17.0. The summed E-state index contributed by atoms with van der Waals surface area (Å²) < 4.78 is 58.0. The maximum Gasteiger partial charge on any atom is 0.420 e. The van der Waals surface area contributed by atoms with Gasteiger partial charge in [-0.25, -0.2) is 9.37 Å². The molecule has 4 nitrogen and oxygen atoms in total. The Hall–Kier alpha value is -2.48. The van der Waals surface area contributed by atoms with E-state index in [4.69, 9.17) is 4.74 Å². The van der Waals surface area contributed by atoms with E-state index in [1.165, 1.54) is 32.0 Å². The molecule has 0 aliphatic heterocycles. The van der Waals surface area contributed by atoms with Gasteiger partial charge in [-0.05, 0) is 55.7 Å². The number of ketones is 1. The number of carbonyl (C=O) groups is 1. The SMILES string of the molecule is CC.CCc1cc(C(O)C(F)(F)F)nc(-c2ccc(F)c(C)c2)c1OCC(C)=O. The largest absolute Gasteiger partial charge is 0.483 e. The molecule has 1 aromatic heterocycles. The molecule has 1 heterocycles. The third kappa shape index (κ3) is 6.25. The Morgan fingerprint density at radius 3 is 2.34 bits per heavy atom. The number of alkyl halides is 3. The molecule has 8 heteroatoms. The van der Waals surface area contributed by atoms with Gasteiger partial charge in [-0.3, -0.25) is 4.79 Å². The van der Waals surface area contributed by atoms with Crippen LogP contribution in [0.3, 0.4) is 0 Å². The topological polar surface area (TPSA) is 59.4 Å². The van der Waals surface area contributed by atoms with Gasteiger partial charge in [0.1, 0.15) is 23.9 Å². The molecule has 1 aromatic carbocycles. The molecule has 0 radical (unpaired) electrons. The van der Waals surface area contributed by atoms with E-state index in [2.05, 4.69) is 4.98 Å². The van der Waals surface area contributed by atoms with Crippen molar-refractivity contribution in [2.45, 2.75) is 53.3 Å². The average molecular weight is 415 g/mol. The van der Waals surface area contributed by atoms with Gasteiger partial charge in [0.25, 0.3) is 0 Å². The lowest BCUT2D eigenvalue weighted by Crippen LogP contribution is -2.22. The number of aromatic nitrogens is 1. The number of Topliss-reactive ketones (excluding diaryl/α,β-unsaturated/α-hetero) is 1. The summed E-state index contributed by atoms with van der Waals surface area (Å²) in [4.78, 5) is 15.2. The van der Waals surface area contributed by atoms with Crippen LogP contribution in [0, 0.1) is 12.7 Å². The molecule has 160 valence electrons. The highest BCUT2D eigenvalue weighted by Crippen LogP contribution is 2.38. The van der Waals surface area contributed by atoms with Crippen molar-refractivity contribution in [3.8, 4) is 17.0 Å². The fourth-order valence-electron chi connectivity index (χ4n) is 2.50. The number of halogens is 4. The summed E-state index contributed by atoms with van der Waals surface area (Å²) in [5, 5.41) is 9.61. The summed E-state index contributed by atoms with van der Waals surface area (Å²) in [5.74, 6) is -0.623. The second kappa shape index (κ2) is 10.3. The Morgan fingerprint density at radius 1 is 1.24 bits per heavy atom. The molecule has 2 rings (SSSR count). The zero-order chi connectivity index (χ0) is 22.4. The molecule has 2 aromatic rings. The number of rotatable bonds is 6. The van der Waals surface area contributed by atoms with Crippen LogP contribution in [0.4, 0.5) is 17.6 Å². The number of nitrogens with zero attached hydrogens (tertiary/aromatic N) is 1. The van der Waals surface area contributed by atoms with Gasteiger partial charge in [-0.2, -0.15) is 13.2 Å². The molecule has 29 heavy (non-hydrogen) atoms. The summed E-state index contributed by atoms with van der Waals surface area (Å²) in [6.07, 6.45) is -7.39. The number of aryl methyl sites for hydroxylation is 2. The smallest absolute Gasteiger partial charge is 0.420 e. The molecule has 0 aliphatic rings. The van der Waals surface area contributed by atoms with Gasteiger partial charge < -0.3 is 9.84 Å². The number of aliphatic hydroxyl groups is 1. The van der Waals surface area contributed by atoms with Crippen molar-refractivity contribution >= 4 is 5.78 Å². The van der Waals surface area contributed by atoms with Crippen LogP contribution < -0.4 is 4.74 Å². The van der Waals surface area contributed by atoms with Crippen molar-refractivity contribution in [2.24, 2.45) is 0 Å². The van der Waals surface area contributed by atoms with E-state index in [0.29, 0.717) is 11.1 Å². The second-order valence-electron chi connectivity index (χ2n) is 6.14. The Balaban J connectivity index is 0.00000204.